The highest BCUT2D eigenvalue weighted by Gasteiger charge is 2.23. The Balaban J connectivity index is 2.38. The first kappa shape index (κ1) is 94.6. The zero-order valence-electron chi connectivity index (χ0n) is 63.4. The molecule has 3 unspecified atom stereocenters. The topological polar surface area (TPSA) is 138 Å². The molecule has 0 aromatic rings. The zero-order valence-corrected chi connectivity index (χ0v) is 68.3. The number of hydrogen-bond acceptors (Lipinski definition) is 19. The third-order valence-electron chi connectivity index (χ3n) is 17.7. The van der Waals surface area contributed by atoms with Gasteiger partial charge >= 0.3 is 0 Å². The van der Waals surface area contributed by atoms with Gasteiger partial charge in [0.25, 0.3) is 0 Å². The lowest BCUT2D eigenvalue weighted by atomic mass is 10.1. The van der Waals surface area contributed by atoms with Crippen molar-refractivity contribution in [3.8, 4) is 0 Å². The van der Waals surface area contributed by atoms with E-state index < -0.39 is 18.9 Å². The molecule has 0 aromatic heterocycles. The summed E-state index contributed by atoms with van der Waals surface area (Å²) in [4.78, 5) is 7.55. The summed E-state index contributed by atoms with van der Waals surface area (Å²) in [7, 11) is 0. The summed E-state index contributed by atoms with van der Waals surface area (Å²) in [5.41, 5.74) is 0. The third kappa shape index (κ3) is 67.2. The summed E-state index contributed by atoms with van der Waals surface area (Å²) in [6.45, 7) is 37.5. The molecule has 1 saturated heterocycles. The monoisotopic (exact) mass is 1460 g/mol. The van der Waals surface area contributed by atoms with E-state index in [1.807, 2.05) is 70.6 Å². The summed E-state index contributed by atoms with van der Waals surface area (Å²) >= 11 is 11.5. The lowest BCUT2D eigenvalue weighted by Crippen LogP contribution is -2.47. The van der Waals surface area contributed by atoms with Crippen LogP contribution in [0.1, 0.15) is 287 Å². The summed E-state index contributed by atoms with van der Waals surface area (Å²) in [6.07, 6.45) is 41.8. The fourth-order valence-corrected chi connectivity index (χ4v) is 18.3. The van der Waals surface area contributed by atoms with Gasteiger partial charge in [0.1, 0.15) is 0 Å². The van der Waals surface area contributed by atoms with Crippen molar-refractivity contribution in [3.63, 3.8) is 0 Å². The lowest BCUT2D eigenvalue weighted by molar-refractivity contribution is -0.108. The van der Waals surface area contributed by atoms with E-state index in [4.69, 9.17) is 28.4 Å². The molecule has 0 aliphatic carbocycles. The van der Waals surface area contributed by atoms with Crippen molar-refractivity contribution in [1.29, 1.82) is 0 Å². The van der Waals surface area contributed by atoms with E-state index in [9.17, 15) is 15.3 Å². The van der Waals surface area contributed by atoms with Crippen LogP contribution in [0.25, 0.3) is 0 Å². The van der Waals surface area contributed by atoms with E-state index in [0.29, 0.717) is 52.2 Å². The first-order valence-electron chi connectivity index (χ1n) is 39.4. The van der Waals surface area contributed by atoms with Gasteiger partial charge in [-0.15, -0.1) is 70.6 Å². The highest BCUT2D eigenvalue weighted by molar-refractivity contribution is 8.19. The molecule has 0 saturated carbocycles. The number of unbranched alkanes of at least 4 members (excludes halogenated alkanes) is 27. The second kappa shape index (κ2) is 68.7. The number of ether oxygens (including phenoxy) is 6. The first-order valence-corrected chi connectivity index (χ1v) is 45.3. The Morgan fingerprint density at radius 1 is 0.326 bits per heavy atom. The molecule has 3 atom stereocenters. The Kier molecular flexibility index (Phi) is 68.4. The molecule has 13 nitrogen and oxygen atoms in total. The van der Waals surface area contributed by atoms with Crippen molar-refractivity contribution < 1.29 is 43.7 Å². The van der Waals surface area contributed by atoms with E-state index >= 15 is 0 Å². The molecule has 1 heterocycles. The Morgan fingerprint density at radius 3 is 0.916 bits per heavy atom. The summed E-state index contributed by atoms with van der Waals surface area (Å²) < 4.78 is 35.8. The van der Waals surface area contributed by atoms with Gasteiger partial charge in [0, 0.05) is 113 Å². The van der Waals surface area contributed by atoms with Gasteiger partial charge in [-0.25, -0.2) is 0 Å². The highest BCUT2D eigenvalue weighted by atomic mass is 32.2. The molecule has 0 amide bonds. The van der Waals surface area contributed by atoms with E-state index in [0.717, 1.165) is 146 Å². The smallest absolute Gasteiger partial charge is 0.155 e. The maximum absolute atomic E-state index is 11.0. The number of aliphatic hydroxyl groups is 3. The van der Waals surface area contributed by atoms with Crippen LogP contribution in [-0.2, 0) is 28.4 Å². The van der Waals surface area contributed by atoms with Crippen molar-refractivity contribution in [2.75, 3.05) is 166 Å². The summed E-state index contributed by atoms with van der Waals surface area (Å²) in [6, 6.07) is 0. The first-order chi connectivity index (χ1) is 46.1. The molecule has 0 bridgehead atoms. The van der Waals surface area contributed by atoms with Crippen molar-refractivity contribution in [3.05, 3.63) is 0 Å². The minimum absolute atomic E-state index is 0.0511. The number of nitrogens with one attached hydrogen (secondary N) is 1. The number of piperazine rings is 1. The molecule has 4 N–H and O–H groups in total. The van der Waals surface area contributed by atoms with Crippen LogP contribution in [0.15, 0.2) is 0 Å². The Bertz CT molecular complexity index is 1510. The quantitative estimate of drug-likeness (QED) is 0.0339. The average Bonchev–Trinajstić information content (AvgIpc) is 2.03. The summed E-state index contributed by atoms with van der Waals surface area (Å²) in [5, 5.41) is 36.1. The van der Waals surface area contributed by atoms with E-state index in [2.05, 4.69) is 82.3 Å². The van der Waals surface area contributed by atoms with Gasteiger partial charge in [0.15, 0.2) is 18.9 Å². The number of rotatable bonds is 77. The van der Waals surface area contributed by atoms with Crippen LogP contribution in [0, 0.1) is 0 Å². The molecule has 1 aliphatic heterocycles. The number of aliphatic hydroxyl groups excluding tert-OH is 3. The van der Waals surface area contributed by atoms with Gasteiger partial charge in [0.2, 0.25) is 0 Å². The second-order valence-corrected chi connectivity index (χ2v) is 39.1. The van der Waals surface area contributed by atoms with Crippen molar-refractivity contribution in [2.45, 2.75) is 318 Å². The van der Waals surface area contributed by atoms with Gasteiger partial charge in [-0.1, -0.05) is 194 Å². The minimum atomic E-state index is -0.825. The largest absolute Gasteiger partial charge is 0.381 e. The average molecular weight is 1460 g/mol. The fourth-order valence-electron chi connectivity index (χ4n) is 11.7. The van der Waals surface area contributed by atoms with E-state index in [-0.39, 0.29) is 12.2 Å². The molecule has 570 valence electrons. The van der Waals surface area contributed by atoms with E-state index in [1.165, 1.54) is 193 Å². The van der Waals surface area contributed by atoms with E-state index in [1.54, 1.807) is 0 Å². The molecule has 1 aliphatic rings. The Hall–Kier alpha value is 1.58. The molecular formula is C76H156N4O9S6. The molecule has 0 aromatic carbocycles. The van der Waals surface area contributed by atoms with Crippen molar-refractivity contribution in [1.82, 2.24) is 20.0 Å². The van der Waals surface area contributed by atoms with Crippen LogP contribution < -0.4 is 5.32 Å². The zero-order chi connectivity index (χ0) is 69.3. The predicted molar refractivity (Wildman–Crippen MR) is 426 cm³/mol. The van der Waals surface area contributed by atoms with Gasteiger partial charge in [-0.3, -0.25) is 0 Å². The standard InChI is InChI=1S/C76H156N4O9S6/c1-10-13-16-19-22-25-28-31-34-37-56-84-59-65-90-74(4,5)93-68-62-87-71(81)42-46-77-45-40-47-79-52-54-80(55-53-79)49-41-48-78(50-43-72(82)88-63-69-94-75(6,7)91-66-60-85-57-38-35-32-29-26-23-20-17-14-11-2)51-44-73(83)89-64-70-95-76(8,9)92-67-61-86-58-39-36-33-30-27-24-21-18-15-12-3/h71-73,77,81-83H,10-70H2,1-9H3. The number of nitrogens with zero attached hydrogens (tertiary/aromatic N) is 3. The van der Waals surface area contributed by atoms with Crippen molar-refractivity contribution in [2.24, 2.45) is 0 Å². The molecule has 1 fully saturated rings. The van der Waals surface area contributed by atoms with Crippen LogP contribution in [0.4, 0.5) is 0 Å². The van der Waals surface area contributed by atoms with Crippen LogP contribution in [-0.4, -0.2) is 227 Å². The minimum Gasteiger partial charge on any atom is -0.381 e. The molecule has 0 spiro atoms. The molecule has 95 heavy (non-hydrogen) atoms. The highest BCUT2D eigenvalue weighted by Crippen LogP contribution is 2.38. The predicted octanol–water partition coefficient (Wildman–Crippen LogP) is 18.9. The van der Waals surface area contributed by atoms with Gasteiger partial charge in [-0.05, 0) is 106 Å². The Morgan fingerprint density at radius 2 is 0.600 bits per heavy atom. The fraction of sp³-hybridized carbons (Fsp3) is 1.00. The molecule has 0 radical (unpaired) electrons. The van der Waals surface area contributed by atoms with Crippen LogP contribution in [0.5, 0.6) is 0 Å². The lowest BCUT2D eigenvalue weighted by Gasteiger charge is -2.35. The second-order valence-electron chi connectivity index (χ2n) is 28.0. The van der Waals surface area contributed by atoms with Crippen LogP contribution in [0.2, 0.25) is 0 Å². The maximum atomic E-state index is 11.0. The number of thioether (sulfide) groups is 6. The normalized spacial score (nSPS) is 14.9. The third-order valence-corrected chi connectivity index (χ3v) is 26.2. The summed E-state index contributed by atoms with van der Waals surface area (Å²) in [5.74, 6) is 5.49. The maximum Gasteiger partial charge on any atom is 0.155 e. The molecule has 1 rings (SSSR count). The molecule has 19 heteroatoms. The van der Waals surface area contributed by atoms with Crippen molar-refractivity contribution >= 4 is 70.6 Å². The van der Waals surface area contributed by atoms with Gasteiger partial charge in [0.05, 0.1) is 51.9 Å². The molecular weight excluding hydrogens is 1310 g/mol. The van der Waals surface area contributed by atoms with Crippen LogP contribution in [0.3, 0.4) is 0 Å². The van der Waals surface area contributed by atoms with Gasteiger partial charge in [-0.2, -0.15) is 0 Å². The number of hydrogen-bond donors (Lipinski definition) is 4. The SMILES string of the molecule is CCCCCCCCCCCCOCCSC(C)(C)SCCOC(O)CCNCCCN1CCN(CCCN(CCC(O)OCCSC(C)(C)SCCOCCCCCCCCCCCC)CCC(O)OCCSC(C)(C)SCCOCCCCCCCCCCCC)CC1. The Labute approximate surface area is 614 Å². The van der Waals surface area contributed by atoms with Crippen LogP contribution >= 0.6 is 70.6 Å². The van der Waals surface area contributed by atoms with Gasteiger partial charge < -0.3 is 63.8 Å².